The van der Waals surface area contributed by atoms with Crippen molar-refractivity contribution in [1.82, 2.24) is 0 Å². The van der Waals surface area contributed by atoms with Crippen LogP contribution in [-0.2, 0) is 20.8 Å². The number of aldehydes is 1. The lowest BCUT2D eigenvalue weighted by molar-refractivity contribution is -0.141. The first-order valence-electron chi connectivity index (χ1n) is 7.42. The van der Waals surface area contributed by atoms with Gasteiger partial charge in [0.05, 0.1) is 0 Å². The predicted octanol–water partition coefficient (Wildman–Crippen LogP) is 1.97. The van der Waals surface area contributed by atoms with Crippen molar-refractivity contribution in [1.29, 1.82) is 0 Å². The van der Waals surface area contributed by atoms with Crippen molar-refractivity contribution in [3.8, 4) is 0 Å². The molecule has 0 saturated heterocycles. The van der Waals surface area contributed by atoms with E-state index >= 15 is 0 Å². The molecule has 2 aromatic rings. The third-order valence-electron chi connectivity index (χ3n) is 3.33. The number of aliphatic carboxylic acids is 2. The molecule has 0 radical (unpaired) electrons. The number of carboxylic acid groups (broad SMARTS) is 2. The maximum absolute atomic E-state index is 13.0. The van der Waals surface area contributed by atoms with Crippen LogP contribution in [0.5, 0.6) is 0 Å². The quantitative estimate of drug-likeness (QED) is 0.532. The Kier molecular flexibility index (Phi) is 8.04. The summed E-state index contributed by atoms with van der Waals surface area (Å²) in [7, 11) is 0. The van der Waals surface area contributed by atoms with Gasteiger partial charge in [0.25, 0.3) is 0 Å². The molecule has 2 atom stereocenters. The van der Waals surface area contributed by atoms with Gasteiger partial charge in [0, 0.05) is 5.56 Å². The topological polar surface area (TPSA) is 118 Å². The monoisotopic (exact) mass is 365 g/mol. The Morgan fingerprint density at radius 3 is 1.92 bits per heavy atom. The lowest BCUT2D eigenvalue weighted by atomic mass is 10.00. The van der Waals surface area contributed by atoms with E-state index in [9.17, 15) is 23.2 Å². The molecule has 26 heavy (non-hydrogen) atoms. The Morgan fingerprint density at radius 1 is 0.962 bits per heavy atom. The van der Waals surface area contributed by atoms with Crippen LogP contribution in [-0.4, -0.2) is 34.5 Å². The lowest BCUT2D eigenvalue weighted by Gasteiger charge is -2.07. The van der Waals surface area contributed by atoms with E-state index in [1.165, 1.54) is 0 Å². The average Bonchev–Trinajstić information content (AvgIpc) is 2.59. The molecule has 0 bridgehead atoms. The van der Waals surface area contributed by atoms with Crippen molar-refractivity contribution in [2.45, 2.75) is 18.4 Å². The molecule has 0 aromatic heterocycles. The fourth-order valence-electron chi connectivity index (χ4n) is 2.01. The molecule has 0 aliphatic heterocycles. The van der Waals surface area contributed by atoms with Gasteiger partial charge in [-0.1, -0.05) is 36.4 Å². The Labute approximate surface area is 147 Å². The summed E-state index contributed by atoms with van der Waals surface area (Å²) in [5, 5.41) is 17.0. The highest BCUT2D eigenvalue weighted by Gasteiger charge is 2.25. The van der Waals surface area contributed by atoms with Gasteiger partial charge in [-0.3, -0.25) is 9.59 Å². The molecule has 0 spiro atoms. The molecule has 0 aliphatic carbocycles. The summed E-state index contributed by atoms with van der Waals surface area (Å²) in [5.41, 5.74) is 5.57. The number of carboxylic acids is 2. The van der Waals surface area contributed by atoms with Crippen molar-refractivity contribution in [3.05, 3.63) is 71.3 Å². The Hall–Kier alpha value is -3.13. The lowest BCUT2D eigenvalue weighted by Crippen LogP contribution is -2.32. The second-order valence-electron chi connectivity index (χ2n) is 5.22. The summed E-state index contributed by atoms with van der Waals surface area (Å²) in [6.45, 7) is 0. The highest BCUT2D eigenvalue weighted by Crippen LogP contribution is 2.21. The molecule has 6 nitrogen and oxygen atoms in total. The van der Waals surface area contributed by atoms with Gasteiger partial charge in [0.1, 0.15) is 29.9 Å². The third-order valence-corrected chi connectivity index (χ3v) is 3.33. The van der Waals surface area contributed by atoms with Crippen molar-refractivity contribution in [2.75, 3.05) is 0 Å². The van der Waals surface area contributed by atoms with Gasteiger partial charge < -0.3 is 20.7 Å². The van der Waals surface area contributed by atoms with Crippen LogP contribution in [0.4, 0.5) is 8.78 Å². The molecule has 2 aromatic carbocycles. The van der Waals surface area contributed by atoms with E-state index in [0.717, 1.165) is 23.8 Å². The predicted molar refractivity (Wildman–Crippen MR) is 88.6 cm³/mol. The molecular weight excluding hydrogens is 348 g/mol. The Bertz CT molecular complexity index is 747. The number of hydrogen-bond donors (Lipinski definition) is 3. The van der Waals surface area contributed by atoms with E-state index in [1.807, 2.05) is 30.3 Å². The number of benzene rings is 2. The van der Waals surface area contributed by atoms with Crippen LogP contribution in [0, 0.1) is 11.6 Å². The first-order valence-corrected chi connectivity index (χ1v) is 7.42. The molecule has 8 heteroatoms. The van der Waals surface area contributed by atoms with Crippen LogP contribution in [0.25, 0.3) is 0 Å². The summed E-state index contributed by atoms with van der Waals surface area (Å²) in [6.07, 6.45) is 0.375. The van der Waals surface area contributed by atoms with Gasteiger partial charge in [-0.15, -0.1) is 0 Å². The van der Waals surface area contributed by atoms with Gasteiger partial charge in [-0.05, 0) is 24.1 Å². The number of nitrogens with two attached hydrogens (primary N) is 1. The van der Waals surface area contributed by atoms with Crippen LogP contribution < -0.4 is 5.73 Å². The normalized spacial score (nSPS) is 12.3. The summed E-state index contributed by atoms with van der Waals surface area (Å²) in [6, 6.07) is 11.4. The van der Waals surface area contributed by atoms with E-state index < -0.39 is 41.1 Å². The van der Waals surface area contributed by atoms with E-state index in [2.05, 4.69) is 0 Å². The molecular formula is C18H17F2NO5. The maximum Gasteiger partial charge on any atom is 0.320 e. The van der Waals surface area contributed by atoms with Crippen molar-refractivity contribution in [2.24, 2.45) is 5.73 Å². The smallest absolute Gasteiger partial charge is 0.320 e. The second-order valence-corrected chi connectivity index (χ2v) is 5.22. The molecule has 0 aliphatic rings. The largest absolute Gasteiger partial charge is 0.480 e. The number of rotatable bonds is 6. The van der Waals surface area contributed by atoms with Gasteiger partial charge in [0.2, 0.25) is 0 Å². The van der Waals surface area contributed by atoms with Crippen molar-refractivity contribution < 1.29 is 33.4 Å². The highest BCUT2D eigenvalue weighted by atomic mass is 19.1. The fourth-order valence-corrected chi connectivity index (χ4v) is 2.01. The van der Waals surface area contributed by atoms with Crippen LogP contribution in [0.3, 0.4) is 0 Å². The zero-order chi connectivity index (χ0) is 19.7. The number of carbonyl (C=O) groups excluding carboxylic acids is 1. The van der Waals surface area contributed by atoms with Gasteiger partial charge in [0.15, 0.2) is 0 Å². The number of hydrogen-bond acceptors (Lipinski definition) is 4. The Balaban J connectivity index is 0.000000263. The molecule has 0 heterocycles. The molecule has 4 N–H and O–H groups in total. The number of carbonyl (C=O) groups is 3. The Morgan fingerprint density at radius 2 is 1.50 bits per heavy atom. The van der Waals surface area contributed by atoms with Crippen LogP contribution in [0.15, 0.2) is 48.5 Å². The van der Waals surface area contributed by atoms with Gasteiger partial charge in [-0.2, -0.15) is 0 Å². The SMILES string of the molecule is N[C@@H](Cc1ccccc1)C(=O)O.O=CC(C(=O)O)c1c(F)cccc1F. The zero-order valence-corrected chi connectivity index (χ0v) is 13.5. The van der Waals surface area contributed by atoms with Crippen molar-refractivity contribution in [3.63, 3.8) is 0 Å². The zero-order valence-electron chi connectivity index (χ0n) is 13.5. The van der Waals surface area contributed by atoms with Crippen molar-refractivity contribution >= 4 is 18.2 Å². The highest BCUT2D eigenvalue weighted by molar-refractivity contribution is 5.93. The minimum absolute atomic E-state index is 0.0101. The molecule has 1 unspecified atom stereocenters. The van der Waals surface area contributed by atoms with Crippen LogP contribution >= 0.6 is 0 Å². The molecule has 0 fully saturated rings. The van der Waals surface area contributed by atoms with E-state index in [1.54, 1.807) is 0 Å². The molecule has 138 valence electrons. The number of halogens is 2. The standard InChI is InChI=1S/C9H6F2O3.C9H11NO2/c10-6-2-1-3-7(11)8(6)5(4-12)9(13)14;10-8(9(11)12)6-7-4-2-1-3-5-7/h1-5H,(H,13,14);1-5,8H,6,10H2,(H,11,12)/t;8-/m.0/s1. The summed E-state index contributed by atoms with van der Waals surface area (Å²) >= 11 is 0. The van der Waals surface area contributed by atoms with E-state index in [4.69, 9.17) is 15.9 Å². The summed E-state index contributed by atoms with van der Waals surface area (Å²) < 4.78 is 26.0. The maximum atomic E-state index is 13.0. The molecule has 0 saturated carbocycles. The summed E-state index contributed by atoms with van der Waals surface area (Å²) in [5.74, 6) is -6.41. The molecule has 2 rings (SSSR count). The first kappa shape index (κ1) is 20.9. The van der Waals surface area contributed by atoms with E-state index in [-0.39, 0.29) is 6.29 Å². The molecule has 0 amide bonds. The second kappa shape index (κ2) is 10.00. The minimum Gasteiger partial charge on any atom is -0.480 e. The van der Waals surface area contributed by atoms with Gasteiger partial charge >= 0.3 is 11.9 Å². The van der Waals surface area contributed by atoms with Crippen LogP contribution in [0.1, 0.15) is 17.0 Å². The van der Waals surface area contributed by atoms with E-state index in [0.29, 0.717) is 6.42 Å². The van der Waals surface area contributed by atoms with Gasteiger partial charge in [-0.25, -0.2) is 8.78 Å². The first-order chi connectivity index (χ1) is 12.3. The van der Waals surface area contributed by atoms with Crippen LogP contribution in [0.2, 0.25) is 0 Å². The minimum atomic E-state index is -1.80. The third kappa shape index (κ3) is 6.06. The summed E-state index contributed by atoms with van der Waals surface area (Å²) in [4.78, 5) is 31.2. The fraction of sp³-hybridized carbons (Fsp3) is 0.167. The average molecular weight is 365 g/mol.